The minimum Gasteiger partial charge on any atom is -0.370 e. The third-order valence-electron chi connectivity index (χ3n) is 3.41. The van der Waals surface area contributed by atoms with Crippen LogP contribution in [0, 0.1) is 5.92 Å². The molecule has 4 heteroatoms. The van der Waals surface area contributed by atoms with E-state index < -0.39 is 0 Å². The standard InChI is InChI=1S/C13H17N3S/c1-2-14-12-10-6-7-17-13(10)16-11(15-12)8-9-4-3-5-9/h6-7,9H,2-5,8H2,1H3,(H,14,15,16). The van der Waals surface area contributed by atoms with Gasteiger partial charge in [-0.05, 0) is 24.3 Å². The molecule has 1 aliphatic rings. The minimum atomic E-state index is 0.821. The predicted octanol–water partition coefficient (Wildman–Crippen LogP) is 3.47. The van der Waals surface area contributed by atoms with Crippen molar-refractivity contribution in [3.8, 4) is 0 Å². The largest absolute Gasteiger partial charge is 0.370 e. The van der Waals surface area contributed by atoms with Crippen LogP contribution in [0.15, 0.2) is 11.4 Å². The van der Waals surface area contributed by atoms with Gasteiger partial charge in [-0.15, -0.1) is 11.3 Å². The van der Waals surface area contributed by atoms with Gasteiger partial charge in [-0.25, -0.2) is 9.97 Å². The molecule has 0 unspecified atom stereocenters. The molecule has 2 aromatic heterocycles. The molecule has 90 valence electrons. The van der Waals surface area contributed by atoms with E-state index >= 15 is 0 Å². The predicted molar refractivity (Wildman–Crippen MR) is 72.6 cm³/mol. The van der Waals surface area contributed by atoms with E-state index in [0.29, 0.717) is 0 Å². The number of fused-ring (bicyclic) bond motifs is 1. The highest BCUT2D eigenvalue weighted by Crippen LogP contribution is 2.31. The lowest BCUT2D eigenvalue weighted by Crippen LogP contribution is -2.16. The highest BCUT2D eigenvalue weighted by atomic mass is 32.1. The molecular weight excluding hydrogens is 230 g/mol. The van der Waals surface area contributed by atoms with Crippen molar-refractivity contribution in [1.29, 1.82) is 0 Å². The first kappa shape index (κ1) is 11.0. The van der Waals surface area contributed by atoms with E-state index in [-0.39, 0.29) is 0 Å². The van der Waals surface area contributed by atoms with Gasteiger partial charge in [0.2, 0.25) is 0 Å². The van der Waals surface area contributed by atoms with Crippen LogP contribution in [0.1, 0.15) is 32.0 Å². The van der Waals surface area contributed by atoms with Gasteiger partial charge in [-0.3, -0.25) is 0 Å². The first-order valence-corrected chi connectivity index (χ1v) is 7.22. The molecule has 0 spiro atoms. The summed E-state index contributed by atoms with van der Waals surface area (Å²) in [6, 6.07) is 2.10. The average molecular weight is 247 g/mol. The quantitative estimate of drug-likeness (QED) is 0.899. The van der Waals surface area contributed by atoms with Crippen molar-refractivity contribution in [3.05, 3.63) is 17.3 Å². The molecule has 0 atom stereocenters. The van der Waals surface area contributed by atoms with E-state index in [1.807, 2.05) is 0 Å². The fourth-order valence-electron chi connectivity index (χ4n) is 2.25. The Bertz CT molecular complexity index is 516. The first-order valence-electron chi connectivity index (χ1n) is 6.35. The van der Waals surface area contributed by atoms with Gasteiger partial charge in [0, 0.05) is 13.0 Å². The Morgan fingerprint density at radius 3 is 3.00 bits per heavy atom. The maximum Gasteiger partial charge on any atom is 0.138 e. The molecule has 0 radical (unpaired) electrons. The molecule has 1 N–H and O–H groups in total. The van der Waals surface area contributed by atoms with Gasteiger partial charge in [0.05, 0.1) is 5.39 Å². The number of rotatable bonds is 4. The van der Waals surface area contributed by atoms with E-state index in [2.05, 4.69) is 33.7 Å². The Morgan fingerprint density at radius 2 is 2.29 bits per heavy atom. The molecule has 0 aromatic carbocycles. The lowest BCUT2D eigenvalue weighted by molar-refractivity contribution is 0.309. The van der Waals surface area contributed by atoms with Crippen LogP contribution in [-0.2, 0) is 6.42 Å². The number of hydrogen-bond donors (Lipinski definition) is 1. The van der Waals surface area contributed by atoms with Gasteiger partial charge in [-0.1, -0.05) is 19.3 Å². The fourth-order valence-corrected chi connectivity index (χ4v) is 3.03. The van der Waals surface area contributed by atoms with Crippen LogP contribution in [0.25, 0.3) is 10.2 Å². The topological polar surface area (TPSA) is 37.8 Å². The maximum atomic E-state index is 4.67. The van der Waals surface area contributed by atoms with Crippen molar-refractivity contribution in [2.45, 2.75) is 32.6 Å². The molecule has 17 heavy (non-hydrogen) atoms. The zero-order valence-corrected chi connectivity index (χ0v) is 10.9. The molecule has 1 saturated carbocycles. The number of hydrogen-bond acceptors (Lipinski definition) is 4. The van der Waals surface area contributed by atoms with E-state index in [0.717, 1.165) is 40.7 Å². The van der Waals surface area contributed by atoms with Crippen molar-refractivity contribution in [2.24, 2.45) is 5.92 Å². The zero-order valence-electron chi connectivity index (χ0n) is 10.1. The van der Waals surface area contributed by atoms with Crippen LogP contribution < -0.4 is 5.32 Å². The molecule has 0 saturated heterocycles. The fraction of sp³-hybridized carbons (Fsp3) is 0.538. The maximum absolute atomic E-state index is 4.67. The van der Waals surface area contributed by atoms with Crippen molar-refractivity contribution in [1.82, 2.24) is 9.97 Å². The van der Waals surface area contributed by atoms with Crippen molar-refractivity contribution in [2.75, 3.05) is 11.9 Å². The summed E-state index contributed by atoms with van der Waals surface area (Å²) in [6.45, 7) is 3.01. The summed E-state index contributed by atoms with van der Waals surface area (Å²) >= 11 is 1.70. The van der Waals surface area contributed by atoms with Crippen LogP contribution in [0.3, 0.4) is 0 Å². The van der Waals surface area contributed by atoms with Crippen LogP contribution >= 0.6 is 11.3 Å². The third-order valence-corrected chi connectivity index (χ3v) is 4.22. The van der Waals surface area contributed by atoms with Gasteiger partial charge in [0.15, 0.2) is 0 Å². The number of nitrogens with one attached hydrogen (secondary N) is 1. The summed E-state index contributed by atoms with van der Waals surface area (Å²) in [5.41, 5.74) is 0. The summed E-state index contributed by atoms with van der Waals surface area (Å²) < 4.78 is 0. The summed E-state index contributed by atoms with van der Waals surface area (Å²) in [6.07, 6.45) is 5.13. The van der Waals surface area contributed by atoms with Crippen LogP contribution in [0.5, 0.6) is 0 Å². The highest BCUT2D eigenvalue weighted by molar-refractivity contribution is 7.16. The van der Waals surface area contributed by atoms with Gasteiger partial charge >= 0.3 is 0 Å². The van der Waals surface area contributed by atoms with Gasteiger partial charge < -0.3 is 5.32 Å². The number of anilines is 1. The summed E-state index contributed by atoms with van der Waals surface area (Å²) in [7, 11) is 0. The summed E-state index contributed by atoms with van der Waals surface area (Å²) in [5, 5.41) is 6.59. The van der Waals surface area contributed by atoms with Crippen molar-refractivity contribution < 1.29 is 0 Å². The minimum absolute atomic E-state index is 0.821. The van der Waals surface area contributed by atoms with Gasteiger partial charge in [0.25, 0.3) is 0 Å². The molecular formula is C13H17N3S. The summed E-state index contributed by atoms with van der Waals surface area (Å²) in [5.74, 6) is 2.84. The molecule has 1 aliphatic carbocycles. The van der Waals surface area contributed by atoms with E-state index in [4.69, 9.17) is 0 Å². The van der Waals surface area contributed by atoms with E-state index in [1.165, 1.54) is 19.3 Å². The SMILES string of the molecule is CCNc1nc(CC2CCC2)nc2sccc12. The van der Waals surface area contributed by atoms with Crippen LogP contribution in [0.4, 0.5) is 5.82 Å². The van der Waals surface area contributed by atoms with Crippen LogP contribution in [0.2, 0.25) is 0 Å². The number of thiophene rings is 1. The first-order chi connectivity index (χ1) is 8.36. The molecule has 3 rings (SSSR count). The third kappa shape index (κ3) is 2.14. The smallest absolute Gasteiger partial charge is 0.138 e. The Kier molecular flexibility index (Phi) is 2.97. The van der Waals surface area contributed by atoms with E-state index in [9.17, 15) is 0 Å². The van der Waals surface area contributed by atoms with Gasteiger partial charge in [0.1, 0.15) is 16.5 Å². The highest BCUT2D eigenvalue weighted by Gasteiger charge is 2.20. The Labute approximate surface area is 105 Å². The molecule has 1 fully saturated rings. The second-order valence-electron chi connectivity index (χ2n) is 4.66. The molecule has 3 nitrogen and oxygen atoms in total. The van der Waals surface area contributed by atoms with Crippen molar-refractivity contribution in [3.63, 3.8) is 0 Å². The number of nitrogens with zero attached hydrogens (tertiary/aromatic N) is 2. The molecule has 2 aromatic rings. The second kappa shape index (κ2) is 4.61. The zero-order chi connectivity index (χ0) is 11.7. The Morgan fingerprint density at radius 1 is 1.41 bits per heavy atom. The lowest BCUT2D eigenvalue weighted by Gasteiger charge is -2.24. The van der Waals surface area contributed by atoms with Crippen LogP contribution in [-0.4, -0.2) is 16.5 Å². The van der Waals surface area contributed by atoms with E-state index in [1.54, 1.807) is 11.3 Å². The molecule has 0 aliphatic heterocycles. The average Bonchev–Trinajstić information content (AvgIpc) is 2.72. The van der Waals surface area contributed by atoms with Crippen molar-refractivity contribution >= 4 is 27.4 Å². The monoisotopic (exact) mass is 247 g/mol. The second-order valence-corrected chi connectivity index (χ2v) is 5.55. The van der Waals surface area contributed by atoms with Gasteiger partial charge in [-0.2, -0.15) is 0 Å². The lowest BCUT2D eigenvalue weighted by atomic mass is 9.83. The Balaban J connectivity index is 1.94. The molecule has 2 heterocycles. The Hall–Kier alpha value is -1.16. The molecule has 0 bridgehead atoms. The summed E-state index contributed by atoms with van der Waals surface area (Å²) in [4.78, 5) is 10.5. The molecule has 0 amide bonds. The normalized spacial score (nSPS) is 16.1. The number of aromatic nitrogens is 2.